The number of piperazine rings is 1. The van der Waals surface area contributed by atoms with E-state index in [-0.39, 0.29) is 12.1 Å². The van der Waals surface area contributed by atoms with Crippen LogP contribution in [0.1, 0.15) is 6.42 Å². The maximum Gasteiger partial charge on any atom is 0.317 e. The molecule has 2 saturated heterocycles. The number of ether oxygens (including phenoxy) is 1. The van der Waals surface area contributed by atoms with Crippen LogP contribution in [0.5, 0.6) is 0 Å². The van der Waals surface area contributed by atoms with Gasteiger partial charge in [0.05, 0.1) is 12.6 Å². The van der Waals surface area contributed by atoms with Crippen LogP contribution in [-0.4, -0.2) is 61.0 Å². The number of hydrogen-bond donors (Lipinski definition) is 1. The van der Waals surface area contributed by atoms with Gasteiger partial charge in [-0.2, -0.15) is 0 Å². The van der Waals surface area contributed by atoms with Crippen molar-refractivity contribution in [2.24, 2.45) is 0 Å². The second-order valence-electron chi connectivity index (χ2n) is 4.03. The summed E-state index contributed by atoms with van der Waals surface area (Å²) in [5, 5.41) is 3.00. The first-order valence-corrected chi connectivity index (χ1v) is 5.90. The highest BCUT2D eigenvalue weighted by molar-refractivity contribution is 7.13. The predicted molar refractivity (Wildman–Crippen MR) is 60.6 cm³/mol. The van der Waals surface area contributed by atoms with Gasteiger partial charge in [0.15, 0.2) is 0 Å². The molecule has 86 valence electrons. The molecule has 2 fully saturated rings. The number of carbonyl (C=O) groups is 1. The Hall–Kier alpha value is -0.380. The highest BCUT2D eigenvalue weighted by atomic mass is 31.0. The average Bonchev–Trinajstić information content (AvgIpc) is 2.71. The molecule has 2 aliphatic rings. The molecular formula is C9H18N3O2P. The predicted octanol–water partition coefficient (Wildman–Crippen LogP) is -0.107. The number of urea groups is 1. The van der Waals surface area contributed by atoms with Gasteiger partial charge in [-0.1, -0.05) is 9.39 Å². The van der Waals surface area contributed by atoms with E-state index in [0.717, 1.165) is 39.2 Å². The molecule has 6 heteroatoms. The Kier molecular flexibility index (Phi) is 3.78. The van der Waals surface area contributed by atoms with Gasteiger partial charge < -0.3 is 15.0 Å². The summed E-state index contributed by atoms with van der Waals surface area (Å²) >= 11 is 0. The summed E-state index contributed by atoms with van der Waals surface area (Å²) in [6.45, 7) is 4.91. The summed E-state index contributed by atoms with van der Waals surface area (Å²) < 4.78 is 7.37. The molecule has 2 heterocycles. The van der Waals surface area contributed by atoms with Gasteiger partial charge in [0.2, 0.25) is 0 Å². The van der Waals surface area contributed by atoms with Crippen LogP contribution < -0.4 is 5.32 Å². The van der Waals surface area contributed by atoms with E-state index in [1.807, 2.05) is 4.90 Å². The molecule has 0 aromatic heterocycles. The molecule has 2 rings (SSSR count). The fourth-order valence-corrected chi connectivity index (χ4v) is 2.07. The zero-order chi connectivity index (χ0) is 10.7. The van der Waals surface area contributed by atoms with E-state index in [0.29, 0.717) is 6.61 Å². The molecule has 0 aromatic carbocycles. The number of rotatable bonds is 1. The summed E-state index contributed by atoms with van der Waals surface area (Å²) in [5.74, 6) is 0. The SMILES string of the molecule is O=C(NC1CCOC1)N1CCN(P)CC1. The van der Waals surface area contributed by atoms with Gasteiger partial charge >= 0.3 is 6.03 Å². The highest BCUT2D eigenvalue weighted by Gasteiger charge is 2.23. The minimum absolute atomic E-state index is 0.0589. The van der Waals surface area contributed by atoms with Crippen molar-refractivity contribution in [1.29, 1.82) is 0 Å². The Bertz CT molecular complexity index is 225. The van der Waals surface area contributed by atoms with Gasteiger partial charge in [0.25, 0.3) is 0 Å². The molecule has 15 heavy (non-hydrogen) atoms. The smallest absolute Gasteiger partial charge is 0.317 e. The summed E-state index contributed by atoms with van der Waals surface area (Å²) in [6.07, 6.45) is 0.940. The van der Waals surface area contributed by atoms with Crippen molar-refractivity contribution < 1.29 is 9.53 Å². The van der Waals surface area contributed by atoms with Crippen molar-refractivity contribution in [3.05, 3.63) is 0 Å². The third-order valence-electron chi connectivity index (χ3n) is 2.86. The minimum Gasteiger partial charge on any atom is -0.379 e. The average molecular weight is 231 g/mol. The molecule has 0 spiro atoms. The van der Waals surface area contributed by atoms with Crippen molar-refractivity contribution in [1.82, 2.24) is 14.9 Å². The maximum atomic E-state index is 11.8. The molecule has 0 saturated carbocycles. The summed E-state index contributed by atoms with van der Waals surface area (Å²) in [6, 6.07) is 0.273. The van der Waals surface area contributed by atoms with Crippen molar-refractivity contribution in [2.45, 2.75) is 12.5 Å². The lowest BCUT2D eigenvalue weighted by atomic mass is 10.3. The lowest BCUT2D eigenvalue weighted by molar-refractivity contribution is 0.165. The first-order chi connectivity index (χ1) is 7.25. The van der Waals surface area contributed by atoms with E-state index in [4.69, 9.17) is 4.74 Å². The molecule has 5 nitrogen and oxygen atoms in total. The Morgan fingerprint density at radius 1 is 1.33 bits per heavy atom. The van der Waals surface area contributed by atoms with Gasteiger partial charge in [0.1, 0.15) is 0 Å². The van der Waals surface area contributed by atoms with Crippen LogP contribution in [0, 0.1) is 0 Å². The largest absolute Gasteiger partial charge is 0.379 e. The number of nitrogens with zero attached hydrogens (tertiary/aromatic N) is 2. The van der Waals surface area contributed by atoms with Crippen molar-refractivity contribution in [2.75, 3.05) is 39.4 Å². The van der Waals surface area contributed by atoms with Crippen LogP contribution in [0.25, 0.3) is 0 Å². The minimum atomic E-state index is 0.0589. The molecule has 2 unspecified atom stereocenters. The first-order valence-electron chi connectivity index (χ1n) is 5.38. The fourth-order valence-electron chi connectivity index (χ4n) is 1.84. The first kappa shape index (κ1) is 11.1. The Morgan fingerprint density at radius 2 is 2.07 bits per heavy atom. The monoisotopic (exact) mass is 231 g/mol. The van der Waals surface area contributed by atoms with Crippen LogP contribution >= 0.6 is 9.39 Å². The quantitative estimate of drug-likeness (QED) is 0.641. The van der Waals surface area contributed by atoms with Gasteiger partial charge in [-0.05, 0) is 6.42 Å². The molecule has 0 radical (unpaired) electrons. The summed E-state index contributed by atoms with van der Waals surface area (Å²) in [5.41, 5.74) is 0. The second kappa shape index (κ2) is 5.10. The van der Waals surface area contributed by atoms with E-state index >= 15 is 0 Å². The third kappa shape index (κ3) is 3.03. The van der Waals surface area contributed by atoms with Crippen LogP contribution in [0.2, 0.25) is 0 Å². The Morgan fingerprint density at radius 3 is 2.67 bits per heavy atom. The van der Waals surface area contributed by atoms with Crippen molar-refractivity contribution >= 4 is 15.4 Å². The topological polar surface area (TPSA) is 44.8 Å². The lowest BCUT2D eigenvalue weighted by Crippen LogP contribution is -2.51. The maximum absolute atomic E-state index is 11.8. The van der Waals surface area contributed by atoms with Crippen LogP contribution in [0.3, 0.4) is 0 Å². The van der Waals surface area contributed by atoms with E-state index in [9.17, 15) is 4.79 Å². The molecule has 0 aromatic rings. The third-order valence-corrected chi connectivity index (χ3v) is 3.38. The zero-order valence-electron chi connectivity index (χ0n) is 8.82. The fraction of sp³-hybridized carbons (Fsp3) is 0.889. The Balaban J connectivity index is 1.75. The number of nitrogens with one attached hydrogen (secondary N) is 1. The normalized spacial score (nSPS) is 28.1. The van der Waals surface area contributed by atoms with E-state index in [2.05, 4.69) is 19.4 Å². The summed E-state index contributed by atoms with van der Waals surface area (Å²) in [4.78, 5) is 13.7. The zero-order valence-corrected chi connectivity index (χ0v) is 9.97. The van der Waals surface area contributed by atoms with Gasteiger partial charge in [-0.25, -0.2) is 4.79 Å². The number of carbonyl (C=O) groups excluding carboxylic acids is 1. The van der Waals surface area contributed by atoms with Crippen LogP contribution in [0.4, 0.5) is 4.79 Å². The van der Waals surface area contributed by atoms with Crippen LogP contribution in [0.15, 0.2) is 0 Å². The number of amides is 2. The highest BCUT2D eigenvalue weighted by Crippen LogP contribution is 2.08. The van der Waals surface area contributed by atoms with Gasteiger partial charge in [-0.15, -0.1) is 0 Å². The van der Waals surface area contributed by atoms with E-state index in [1.54, 1.807) is 0 Å². The number of hydrogen-bond acceptors (Lipinski definition) is 3. The molecular weight excluding hydrogens is 213 g/mol. The molecule has 0 aliphatic carbocycles. The molecule has 2 amide bonds. The Labute approximate surface area is 92.4 Å². The van der Waals surface area contributed by atoms with Crippen LogP contribution in [-0.2, 0) is 4.74 Å². The molecule has 2 atom stereocenters. The summed E-state index contributed by atoms with van der Waals surface area (Å²) in [7, 11) is 2.67. The molecule has 1 N–H and O–H groups in total. The van der Waals surface area contributed by atoms with Gasteiger partial charge in [-0.3, -0.25) is 4.67 Å². The van der Waals surface area contributed by atoms with Crippen molar-refractivity contribution in [3.8, 4) is 0 Å². The molecule has 2 aliphatic heterocycles. The van der Waals surface area contributed by atoms with E-state index in [1.165, 1.54) is 0 Å². The van der Waals surface area contributed by atoms with E-state index < -0.39 is 0 Å². The second-order valence-corrected chi connectivity index (χ2v) is 4.76. The standard InChI is InChI=1S/C9H18N3O2P/c13-9(10-8-1-6-14-7-8)11-2-4-12(15)5-3-11/h8H,1-7,15H2,(H,10,13). The lowest BCUT2D eigenvalue weighted by Gasteiger charge is -2.32. The molecule has 0 bridgehead atoms. The van der Waals surface area contributed by atoms with Gasteiger partial charge in [0, 0.05) is 32.8 Å². The van der Waals surface area contributed by atoms with Crippen molar-refractivity contribution in [3.63, 3.8) is 0 Å².